The predicted octanol–water partition coefficient (Wildman–Crippen LogP) is -0.736. The molecule has 1 aromatic rings. The van der Waals surface area contributed by atoms with Crippen molar-refractivity contribution < 1.29 is 28.7 Å². The van der Waals surface area contributed by atoms with Gasteiger partial charge in [0.25, 0.3) is 5.91 Å². The minimum Gasteiger partial charge on any atom is -0.468 e. The summed E-state index contributed by atoms with van der Waals surface area (Å²) in [6.07, 6.45) is 2.81. The summed E-state index contributed by atoms with van der Waals surface area (Å²) in [5.74, 6) is -5.66. The van der Waals surface area contributed by atoms with Crippen molar-refractivity contribution in [1.82, 2.24) is 10.3 Å². The summed E-state index contributed by atoms with van der Waals surface area (Å²) in [5, 5.41) is 2.41. The SMILES string of the molecule is COC(=O)C(C(=O)OC)[C@H](C)[C@@H](NC(=O)c1ccncc1)C(N)=O. The number of primary amides is 1. The van der Waals surface area contributed by atoms with Crippen molar-refractivity contribution in [2.24, 2.45) is 17.6 Å². The van der Waals surface area contributed by atoms with E-state index in [4.69, 9.17) is 5.73 Å². The molecule has 0 aromatic carbocycles. The summed E-state index contributed by atoms with van der Waals surface area (Å²) in [5.41, 5.74) is 5.56. The molecular weight excluding hydrogens is 318 g/mol. The van der Waals surface area contributed by atoms with Gasteiger partial charge in [-0.2, -0.15) is 0 Å². The number of methoxy groups -OCH3 is 2. The molecule has 0 spiro atoms. The molecular formula is C15H19N3O6. The van der Waals surface area contributed by atoms with Crippen molar-refractivity contribution in [1.29, 1.82) is 0 Å². The first-order valence-electron chi connectivity index (χ1n) is 6.99. The lowest BCUT2D eigenvalue weighted by molar-refractivity contribution is -0.161. The number of rotatable bonds is 7. The Kier molecular flexibility index (Phi) is 6.84. The van der Waals surface area contributed by atoms with Crippen molar-refractivity contribution in [3.8, 4) is 0 Å². The highest BCUT2D eigenvalue weighted by atomic mass is 16.5. The number of esters is 2. The lowest BCUT2D eigenvalue weighted by Crippen LogP contribution is -2.52. The summed E-state index contributed by atoms with van der Waals surface area (Å²) in [4.78, 5) is 51.4. The third kappa shape index (κ3) is 4.51. The first-order chi connectivity index (χ1) is 11.3. The molecule has 9 nitrogen and oxygen atoms in total. The second-order valence-electron chi connectivity index (χ2n) is 4.97. The van der Waals surface area contributed by atoms with Gasteiger partial charge in [-0.25, -0.2) is 0 Å². The summed E-state index contributed by atoms with van der Waals surface area (Å²) in [7, 11) is 2.19. The van der Waals surface area contributed by atoms with E-state index in [1.54, 1.807) is 0 Å². The Morgan fingerprint density at radius 3 is 2.00 bits per heavy atom. The molecule has 3 N–H and O–H groups in total. The highest BCUT2D eigenvalue weighted by molar-refractivity contribution is 5.99. The normalized spacial score (nSPS) is 12.8. The third-order valence-corrected chi connectivity index (χ3v) is 3.50. The molecule has 0 aliphatic carbocycles. The number of nitrogens with zero attached hydrogens (tertiary/aromatic N) is 1. The smallest absolute Gasteiger partial charge is 0.320 e. The summed E-state index contributed by atoms with van der Waals surface area (Å²) in [6.45, 7) is 1.42. The van der Waals surface area contributed by atoms with Crippen LogP contribution in [0, 0.1) is 11.8 Å². The Morgan fingerprint density at radius 1 is 1.08 bits per heavy atom. The molecule has 9 heteroatoms. The van der Waals surface area contributed by atoms with Gasteiger partial charge in [0.1, 0.15) is 6.04 Å². The first-order valence-corrected chi connectivity index (χ1v) is 6.99. The van der Waals surface area contributed by atoms with Gasteiger partial charge in [-0.1, -0.05) is 6.92 Å². The van der Waals surface area contributed by atoms with Gasteiger partial charge in [-0.15, -0.1) is 0 Å². The molecule has 1 heterocycles. The van der Waals surface area contributed by atoms with Gasteiger partial charge in [-0.3, -0.25) is 24.2 Å². The van der Waals surface area contributed by atoms with Crippen LogP contribution in [0.2, 0.25) is 0 Å². The average molecular weight is 337 g/mol. The Labute approximate surface area is 138 Å². The molecule has 0 bridgehead atoms. The Morgan fingerprint density at radius 2 is 1.58 bits per heavy atom. The van der Waals surface area contributed by atoms with E-state index in [0.29, 0.717) is 0 Å². The number of ether oxygens (including phenoxy) is 2. The zero-order valence-electron chi connectivity index (χ0n) is 13.5. The molecule has 1 rings (SSSR count). The van der Waals surface area contributed by atoms with Crippen LogP contribution in [0.25, 0.3) is 0 Å². The summed E-state index contributed by atoms with van der Waals surface area (Å²) in [6, 6.07) is 1.60. The monoisotopic (exact) mass is 337 g/mol. The molecule has 0 fully saturated rings. The van der Waals surface area contributed by atoms with Crippen LogP contribution in [-0.2, 0) is 23.9 Å². The Bertz CT molecular complexity index is 603. The number of pyridine rings is 1. The van der Waals surface area contributed by atoms with Crippen molar-refractivity contribution >= 4 is 23.8 Å². The van der Waals surface area contributed by atoms with E-state index >= 15 is 0 Å². The molecule has 24 heavy (non-hydrogen) atoms. The topological polar surface area (TPSA) is 138 Å². The van der Waals surface area contributed by atoms with E-state index < -0.39 is 41.6 Å². The quantitative estimate of drug-likeness (QED) is 0.494. The molecule has 2 atom stereocenters. The zero-order chi connectivity index (χ0) is 18.3. The number of nitrogens with two attached hydrogens (primary N) is 1. The van der Waals surface area contributed by atoms with E-state index in [1.165, 1.54) is 31.5 Å². The van der Waals surface area contributed by atoms with E-state index in [0.717, 1.165) is 14.2 Å². The minimum atomic E-state index is -1.41. The second kappa shape index (κ2) is 8.61. The van der Waals surface area contributed by atoms with E-state index in [1.807, 2.05) is 0 Å². The Hall–Kier alpha value is -2.97. The molecule has 0 saturated carbocycles. The largest absolute Gasteiger partial charge is 0.468 e. The van der Waals surface area contributed by atoms with E-state index in [2.05, 4.69) is 19.8 Å². The number of carbonyl (C=O) groups is 4. The van der Waals surface area contributed by atoms with Crippen molar-refractivity contribution in [2.45, 2.75) is 13.0 Å². The van der Waals surface area contributed by atoms with Gasteiger partial charge >= 0.3 is 11.9 Å². The minimum absolute atomic E-state index is 0.246. The molecule has 0 unspecified atom stereocenters. The van der Waals surface area contributed by atoms with Gasteiger partial charge in [0.05, 0.1) is 14.2 Å². The molecule has 0 radical (unpaired) electrons. The number of aromatic nitrogens is 1. The first kappa shape index (κ1) is 19.1. The van der Waals surface area contributed by atoms with Crippen LogP contribution >= 0.6 is 0 Å². The predicted molar refractivity (Wildman–Crippen MR) is 81.4 cm³/mol. The second-order valence-corrected chi connectivity index (χ2v) is 4.97. The maximum absolute atomic E-state index is 12.2. The van der Waals surface area contributed by atoms with Crippen molar-refractivity contribution in [2.75, 3.05) is 14.2 Å². The van der Waals surface area contributed by atoms with Gasteiger partial charge in [0.2, 0.25) is 5.91 Å². The van der Waals surface area contributed by atoms with E-state index in [-0.39, 0.29) is 5.56 Å². The number of carbonyl (C=O) groups excluding carboxylic acids is 4. The fraction of sp³-hybridized carbons (Fsp3) is 0.400. The van der Waals surface area contributed by atoms with Crippen LogP contribution in [0.1, 0.15) is 17.3 Å². The maximum atomic E-state index is 12.2. The number of hydrogen-bond donors (Lipinski definition) is 2. The fourth-order valence-corrected chi connectivity index (χ4v) is 2.16. The summed E-state index contributed by atoms with van der Waals surface area (Å²) < 4.78 is 9.13. The molecule has 0 saturated heterocycles. The fourth-order valence-electron chi connectivity index (χ4n) is 2.16. The van der Waals surface area contributed by atoms with Gasteiger partial charge < -0.3 is 20.5 Å². The molecule has 130 valence electrons. The van der Waals surface area contributed by atoms with Gasteiger partial charge in [-0.05, 0) is 12.1 Å². The van der Waals surface area contributed by atoms with Crippen LogP contribution in [0.15, 0.2) is 24.5 Å². The van der Waals surface area contributed by atoms with Gasteiger partial charge in [0.15, 0.2) is 5.92 Å². The van der Waals surface area contributed by atoms with E-state index in [9.17, 15) is 19.2 Å². The molecule has 0 aliphatic rings. The zero-order valence-corrected chi connectivity index (χ0v) is 13.5. The van der Waals surface area contributed by atoms with Crippen LogP contribution in [-0.4, -0.2) is 49.0 Å². The van der Waals surface area contributed by atoms with Crippen molar-refractivity contribution in [3.05, 3.63) is 30.1 Å². The molecule has 1 aromatic heterocycles. The Balaban J connectivity index is 3.04. The van der Waals surface area contributed by atoms with Crippen LogP contribution in [0.4, 0.5) is 0 Å². The maximum Gasteiger partial charge on any atom is 0.320 e. The standard InChI is InChI=1S/C15H19N3O6/c1-8(10(14(21)23-2)15(22)24-3)11(12(16)19)18-13(20)9-4-6-17-7-5-9/h4-8,10-11H,1-3H3,(H2,16,19)(H,18,20)/t8-,11+/m0/s1. The number of hydrogen-bond acceptors (Lipinski definition) is 7. The molecule has 0 aliphatic heterocycles. The van der Waals surface area contributed by atoms with Gasteiger partial charge in [0, 0.05) is 23.9 Å². The van der Waals surface area contributed by atoms with Crippen LogP contribution in [0.5, 0.6) is 0 Å². The highest BCUT2D eigenvalue weighted by Gasteiger charge is 2.41. The highest BCUT2D eigenvalue weighted by Crippen LogP contribution is 2.20. The van der Waals surface area contributed by atoms with Crippen LogP contribution in [0.3, 0.4) is 0 Å². The lowest BCUT2D eigenvalue weighted by atomic mass is 9.86. The third-order valence-electron chi connectivity index (χ3n) is 3.50. The number of nitrogens with one attached hydrogen (secondary N) is 1. The average Bonchev–Trinajstić information content (AvgIpc) is 2.59. The van der Waals surface area contributed by atoms with Crippen molar-refractivity contribution in [3.63, 3.8) is 0 Å². The number of amides is 2. The molecule has 2 amide bonds. The summed E-state index contributed by atoms with van der Waals surface area (Å²) >= 11 is 0. The lowest BCUT2D eigenvalue weighted by Gasteiger charge is -2.26. The van der Waals surface area contributed by atoms with Crippen LogP contribution < -0.4 is 11.1 Å².